The number of sulfone groups is 1. The molecule has 3 heterocycles. The van der Waals surface area contributed by atoms with E-state index in [0.29, 0.717) is 22.5 Å². The third kappa shape index (κ3) is 3.21. The maximum absolute atomic E-state index is 13.8. The Morgan fingerprint density at radius 1 is 0.533 bits per heavy atom. The highest BCUT2D eigenvalue weighted by Gasteiger charge is 2.34. The largest absolute Gasteiger partial charge is 0.456 e. The number of hydrogen-bond acceptors (Lipinski definition) is 4. The van der Waals surface area contributed by atoms with Crippen LogP contribution < -0.4 is 0 Å². The highest BCUT2D eigenvalue weighted by molar-refractivity contribution is 7.92. The molecule has 45 heavy (non-hydrogen) atoms. The van der Waals surface area contributed by atoms with Crippen LogP contribution in [0.3, 0.4) is 0 Å². The number of para-hydroxylation sites is 3. The van der Waals surface area contributed by atoms with Crippen molar-refractivity contribution < 1.29 is 12.8 Å². The predicted molar refractivity (Wildman–Crippen MR) is 180 cm³/mol. The van der Waals surface area contributed by atoms with Gasteiger partial charge in [0.1, 0.15) is 17.0 Å². The summed E-state index contributed by atoms with van der Waals surface area (Å²) >= 11 is 0. The Bertz CT molecular complexity index is 2790. The van der Waals surface area contributed by atoms with Crippen molar-refractivity contribution >= 4 is 64.4 Å². The van der Waals surface area contributed by atoms with Crippen molar-refractivity contribution in [2.75, 3.05) is 0 Å². The molecule has 2 aromatic heterocycles. The summed E-state index contributed by atoms with van der Waals surface area (Å²) in [6.45, 7) is 0. The molecule has 1 aliphatic rings. The van der Waals surface area contributed by atoms with Gasteiger partial charge in [0.15, 0.2) is 0 Å². The van der Waals surface area contributed by atoms with E-state index in [9.17, 15) is 8.42 Å². The van der Waals surface area contributed by atoms with E-state index >= 15 is 0 Å². The monoisotopic (exact) mass is 598 g/mol. The lowest BCUT2D eigenvalue weighted by molar-refractivity contribution is 0.594. The SMILES string of the molecule is O=S1(=O)c2ccccc2-n2c(-c3c4ccccc4c(-c4ccc5c(c4)oc4ccccc45)c4ccccc34)nc3cccc1c32. The normalized spacial score (nSPS) is 13.7. The Balaban J connectivity index is 1.35. The van der Waals surface area contributed by atoms with Gasteiger partial charge in [-0.1, -0.05) is 91.0 Å². The Morgan fingerprint density at radius 2 is 1.13 bits per heavy atom. The van der Waals surface area contributed by atoms with Crippen molar-refractivity contribution in [2.24, 2.45) is 0 Å². The minimum atomic E-state index is -3.70. The molecular weight excluding hydrogens is 577 g/mol. The molecule has 10 rings (SSSR count). The van der Waals surface area contributed by atoms with Crippen LogP contribution in [0.5, 0.6) is 0 Å². The van der Waals surface area contributed by atoms with E-state index in [1.54, 1.807) is 24.3 Å². The van der Waals surface area contributed by atoms with Crippen LogP contribution in [-0.2, 0) is 9.84 Å². The van der Waals surface area contributed by atoms with Gasteiger partial charge in [0, 0.05) is 16.3 Å². The average molecular weight is 599 g/mol. The number of imidazole rings is 1. The van der Waals surface area contributed by atoms with Crippen molar-refractivity contribution in [1.29, 1.82) is 0 Å². The Morgan fingerprint density at radius 3 is 1.89 bits per heavy atom. The lowest BCUT2D eigenvalue weighted by Gasteiger charge is -2.22. The summed E-state index contributed by atoms with van der Waals surface area (Å²) in [5, 5.41) is 6.43. The fraction of sp³-hybridized carbons (Fsp3) is 0. The second kappa shape index (κ2) is 8.68. The summed E-state index contributed by atoms with van der Waals surface area (Å²) < 4.78 is 35.8. The number of nitrogens with zero attached hydrogens (tertiary/aromatic N) is 2. The highest BCUT2D eigenvalue weighted by Crippen LogP contribution is 2.47. The Kier molecular flexibility index (Phi) is 4.76. The first kappa shape index (κ1) is 24.7. The fourth-order valence-corrected chi connectivity index (χ4v) is 8.90. The zero-order chi connectivity index (χ0) is 29.9. The third-order valence-electron chi connectivity index (χ3n) is 9.15. The molecular formula is C39H22N2O3S. The van der Waals surface area contributed by atoms with Crippen molar-refractivity contribution in [3.8, 4) is 28.2 Å². The van der Waals surface area contributed by atoms with Crippen LogP contribution in [-0.4, -0.2) is 18.0 Å². The molecule has 0 aliphatic carbocycles. The molecule has 0 bridgehead atoms. The molecule has 0 amide bonds. The van der Waals surface area contributed by atoms with Gasteiger partial charge in [-0.2, -0.15) is 0 Å². The zero-order valence-corrected chi connectivity index (χ0v) is 24.5. The van der Waals surface area contributed by atoms with E-state index in [0.717, 1.165) is 60.2 Å². The molecule has 0 N–H and O–H groups in total. The molecule has 0 spiro atoms. The summed E-state index contributed by atoms with van der Waals surface area (Å²) in [6.07, 6.45) is 0. The highest BCUT2D eigenvalue weighted by atomic mass is 32.2. The smallest absolute Gasteiger partial charge is 0.210 e. The first-order valence-electron chi connectivity index (χ1n) is 14.8. The molecule has 0 unspecified atom stereocenters. The molecule has 7 aromatic carbocycles. The van der Waals surface area contributed by atoms with E-state index in [-0.39, 0.29) is 9.79 Å². The summed E-state index contributed by atoms with van der Waals surface area (Å²) in [5.41, 5.74) is 6.73. The molecule has 0 saturated heterocycles. The standard InChI is InChI=1S/C39H22N2O3S/c42-45(43)34-18-8-6-16-31(34)41-38-30(15-9-19-35(38)45)40-39(41)37-28-13-3-1-11-26(28)36(27-12-2-4-14-29(27)37)23-20-21-25-24-10-5-7-17-32(24)44-33(25)22-23/h1-22H. The van der Waals surface area contributed by atoms with Gasteiger partial charge in [0.25, 0.3) is 0 Å². The molecule has 0 radical (unpaired) electrons. The number of rotatable bonds is 2. The number of hydrogen-bond donors (Lipinski definition) is 0. The van der Waals surface area contributed by atoms with Gasteiger partial charge in [-0.15, -0.1) is 0 Å². The molecule has 0 atom stereocenters. The Labute approximate surface area is 257 Å². The molecule has 1 aliphatic heterocycles. The van der Waals surface area contributed by atoms with Gasteiger partial charge in [-0.3, -0.25) is 4.57 Å². The van der Waals surface area contributed by atoms with Gasteiger partial charge in [0.2, 0.25) is 9.84 Å². The van der Waals surface area contributed by atoms with Gasteiger partial charge < -0.3 is 4.42 Å². The average Bonchev–Trinajstić information content (AvgIpc) is 3.64. The van der Waals surface area contributed by atoms with Crippen LogP contribution in [0.2, 0.25) is 0 Å². The van der Waals surface area contributed by atoms with Crippen LogP contribution in [0.4, 0.5) is 0 Å². The lowest BCUT2D eigenvalue weighted by atomic mass is 9.88. The second-order valence-electron chi connectivity index (χ2n) is 11.5. The maximum Gasteiger partial charge on any atom is 0.210 e. The zero-order valence-electron chi connectivity index (χ0n) is 23.7. The van der Waals surface area contributed by atoms with Gasteiger partial charge in [0.05, 0.1) is 26.5 Å². The first-order chi connectivity index (χ1) is 22.1. The summed E-state index contributed by atoms with van der Waals surface area (Å²) in [7, 11) is -3.70. The van der Waals surface area contributed by atoms with E-state index in [1.165, 1.54) is 0 Å². The van der Waals surface area contributed by atoms with E-state index < -0.39 is 9.84 Å². The van der Waals surface area contributed by atoms with Gasteiger partial charge in [-0.25, -0.2) is 13.4 Å². The maximum atomic E-state index is 13.8. The molecule has 212 valence electrons. The molecule has 6 heteroatoms. The summed E-state index contributed by atoms with van der Waals surface area (Å²) in [4.78, 5) is 5.74. The van der Waals surface area contributed by atoms with Crippen LogP contribution in [0.15, 0.2) is 148 Å². The van der Waals surface area contributed by atoms with Crippen molar-refractivity contribution in [1.82, 2.24) is 9.55 Å². The predicted octanol–water partition coefficient (Wildman–Crippen LogP) is 9.71. The number of benzene rings is 7. The second-order valence-corrected chi connectivity index (χ2v) is 13.4. The van der Waals surface area contributed by atoms with E-state index in [4.69, 9.17) is 9.40 Å². The first-order valence-corrected chi connectivity index (χ1v) is 16.3. The van der Waals surface area contributed by atoms with Crippen LogP contribution in [0.1, 0.15) is 0 Å². The Hall–Kier alpha value is -5.72. The molecule has 0 fully saturated rings. The minimum absolute atomic E-state index is 0.279. The summed E-state index contributed by atoms with van der Waals surface area (Å²) in [6, 6.07) is 44.0. The number of aromatic nitrogens is 2. The number of fused-ring (bicyclic) bond motifs is 7. The third-order valence-corrected chi connectivity index (χ3v) is 11.0. The quantitative estimate of drug-likeness (QED) is 0.186. The molecule has 5 nitrogen and oxygen atoms in total. The van der Waals surface area contributed by atoms with E-state index in [1.807, 2.05) is 41.0 Å². The summed E-state index contributed by atoms with van der Waals surface area (Å²) in [5.74, 6) is 0.714. The van der Waals surface area contributed by atoms with Crippen molar-refractivity contribution in [3.05, 3.63) is 133 Å². The van der Waals surface area contributed by atoms with Gasteiger partial charge in [-0.05, 0) is 75.1 Å². The van der Waals surface area contributed by atoms with E-state index in [2.05, 4.69) is 72.8 Å². The minimum Gasteiger partial charge on any atom is -0.456 e. The topological polar surface area (TPSA) is 65.1 Å². The lowest BCUT2D eigenvalue weighted by Crippen LogP contribution is -2.15. The van der Waals surface area contributed by atoms with Crippen LogP contribution in [0.25, 0.3) is 82.7 Å². The van der Waals surface area contributed by atoms with Crippen LogP contribution >= 0.6 is 0 Å². The van der Waals surface area contributed by atoms with Crippen LogP contribution in [0, 0.1) is 0 Å². The van der Waals surface area contributed by atoms with Crippen molar-refractivity contribution in [2.45, 2.75) is 9.79 Å². The molecule has 0 saturated carbocycles. The number of furan rings is 1. The molecule has 9 aromatic rings. The fourth-order valence-electron chi connectivity index (χ4n) is 7.26. The van der Waals surface area contributed by atoms with Crippen molar-refractivity contribution in [3.63, 3.8) is 0 Å². The van der Waals surface area contributed by atoms with Gasteiger partial charge >= 0.3 is 0 Å².